The van der Waals surface area contributed by atoms with Gasteiger partial charge in [0.2, 0.25) is 23.8 Å². The monoisotopic (exact) mass is 501 g/mol. The smallest absolute Gasteiger partial charge is 0.296 e. The maximum absolute atomic E-state index is 14.0. The van der Waals surface area contributed by atoms with Crippen molar-refractivity contribution in [3.8, 4) is 5.95 Å². The van der Waals surface area contributed by atoms with Crippen LogP contribution in [0.15, 0.2) is 24.3 Å². The first-order valence-corrected chi connectivity index (χ1v) is 12.0. The number of carbonyl (C=O) groups is 1. The van der Waals surface area contributed by atoms with E-state index in [4.69, 9.17) is 15.5 Å². The van der Waals surface area contributed by atoms with Crippen LogP contribution < -0.4 is 15.5 Å². The minimum absolute atomic E-state index is 0.0222. The van der Waals surface area contributed by atoms with E-state index in [1.165, 1.54) is 4.57 Å². The van der Waals surface area contributed by atoms with Gasteiger partial charge < -0.3 is 25.2 Å². The molecule has 0 bridgehead atoms. The Balaban J connectivity index is 1.53. The number of amides is 1. The highest BCUT2D eigenvalue weighted by atomic mass is 19.3. The van der Waals surface area contributed by atoms with E-state index in [0.29, 0.717) is 82.0 Å². The number of morpholine rings is 1. The average molecular weight is 502 g/mol. The molecule has 1 atom stereocenters. The molecule has 0 aliphatic carbocycles. The van der Waals surface area contributed by atoms with Crippen molar-refractivity contribution in [3.05, 3.63) is 30.1 Å². The van der Waals surface area contributed by atoms with Crippen LogP contribution in [0.3, 0.4) is 0 Å². The molecule has 2 aromatic heterocycles. The van der Waals surface area contributed by atoms with Gasteiger partial charge in [-0.3, -0.25) is 9.36 Å². The summed E-state index contributed by atoms with van der Waals surface area (Å²) < 4.78 is 34.8. The second-order valence-corrected chi connectivity index (χ2v) is 8.88. The maximum atomic E-state index is 14.0. The zero-order valence-corrected chi connectivity index (χ0v) is 20.1. The van der Waals surface area contributed by atoms with Crippen LogP contribution in [-0.4, -0.2) is 94.3 Å². The molecule has 2 aliphatic heterocycles. The number of ether oxygens (including phenoxy) is 1. The van der Waals surface area contributed by atoms with Crippen LogP contribution in [0.1, 0.15) is 19.2 Å². The second kappa shape index (κ2) is 10.3. The molecule has 4 heterocycles. The van der Waals surface area contributed by atoms with Crippen molar-refractivity contribution in [1.29, 1.82) is 0 Å². The summed E-state index contributed by atoms with van der Waals surface area (Å²) in [5, 5.41) is 0. The van der Waals surface area contributed by atoms with E-state index in [0.717, 1.165) is 0 Å². The van der Waals surface area contributed by atoms with Crippen molar-refractivity contribution < 1.29 is 18.3 Å². The predicted octanol–water partition coefficient (Wildman–Crippen LogP) is 1.23. The van der Waals surface area contributed by atoms with Crippen LogP contribution in [0.4, 0.5) is 20.7 Å². The van der Waals surface area contributed by atoms with E-state index < -0.39 is 12.2 Å². The number of nitrogens with zero attached hydrogens (tertiary/aromatic N) is 8. The van der Waals surface area contributed by atoms with Gasteiger partial charge in [0.1, 0.15) is 0 Å². The molecule has 2 saturated heterocycles. The third-order valence-electron chi connectivity index (χ3n) is 6.53. The third-order valence-corrected chi connectivity index (χ3v) is 6.53. The zero-order chi connectivity index (χ0) is 25.2. The van der Waals surface area contributed by atoms with Crippen LogP contribution in [-0.2, 0) is 9.53 Å². The number of fused-ring (bicyclic) bond motifs is 1. The number of benzene rings is 1. The number of carbonyl (C=O) groups excluding carboxylic acids is 1. The summed E-state index contributed by atoms with van der Waals surface area (Å²) in [4.78, 5) is 36.3. The number of aromatic nitrogens is 5. The Bertz CT molecular complexity index is 1220. The number of alkyl halides is 2. The van der Waals surface area contributed by atoms with Gasteiger partial charge in [0.25, 0.3) is 6.43 Å². The summed E-state index contributed by atoms with van der Waals surface area (Å²) in [5.74, 6) is 0.211. The number of nitrogens with two attached hydrogens (primary N) is 1. The molecule has 0 spiro atoms. The molecule has 0 unspecified atom stereocenters. The third kappa shape index (κ3) is 4.67. The molecular weight excluding hydrogens is 472 g/mol. The van der Waals surface area contributed by atoms with E-state index in [1.54, 1.807) is 29.2 Å². The van der Waals surface area contributed by atoms with Gasteiger partial charge in [-0.2, -0.15) is 15.0 Å². The second-order valence-electron chi connectivity index (χ2n) is 8.88. The number of imidazole rings is 1. The summed E-state index contributed by atoms with van der Waals surface area (Å²) in [6.45, 7) is 6.30. The van der Waals surface area contributed by atoms with Gasteiger partial charge in [-0.1, -0.05) is 19.1 Å². The highest BCUT2D eigenvalue weighted by molar-refractivity contribution is 5.79. The highest BCUT2D eigenvalue weighted by Crippen LogP contribution is 2.28. The van der Waals surface area contributed by atoms with Crippen molar-refractivity contribution in [2.45, 2.75) is 13.3 Å². The van der Waals surface area contributed by atoms with E-state index >= 15 is 0 Å². The predicted molar refractivity (Wildman–Crippen MR) is 129 cm³/mol. The van der Waals surface area contributed by atoms with Crippen LogP contribution >= 0.6 is 0 Å². The van der Waals surface area contributed by atoms with Gasteiger partial charge in [0.05, 0.1) is 24.2 Å². The molecule has 2 fully saturated rings. The molecule has 192 valence electrons. The lowest BCUT2D eigenvalue weighted by molar-refractivity contribution is -0.134. The molecule has 3 aromatic rings. The van der Waals surface area contributed by atoms with Gasteiger partial charge in [-0.15, -0.1) is 0 Å². The fourth-order valence-corrected chi connectivity index (χ4v) is 4.43. The molecule has 5 rings (SSSR count). The van der Waals surface area contributed by atoms with Crippen LogP contribution in [0.25, 0.3) is 17.0 Å². The Morgan fingerprint density at radius 1 is 0.944 bits per heavy atom. The van der Waals surface area contributed by atoms with E-state index in [1.807, 2.05) is 16.7 Å². The van der Waals surface area contributed by atoms with Gasteiger partial charge >= 0.3 is 0 Å². The molecule has 11 nitrogen and oxygen atoms in total. The molecule has 2 N–H and O–H groups in total. The van der Waals surface area contributed by atoms with Crippen molar-refractivity contribution in [3.63, 3.8) is 0 Å². The van der Waals surface area contributed by atoms with E-state index in [9.17, 15) is 13.6 Å². The highest BCUT2D eigenvalue weighted by Gasteiger charge is 2.28. The normalized spacial score (nSPS) is 17.8. The topological polar surface area (TPSA) is 119 Å². The number of para-hydroxylation sites is 2. The fourth-order valence-electron chi connectivity index (χ4n) is 4.43. The van der Waals surface area contributed by atoms with Crippen molar-refractivity contribution in [2.75, 3.05) is 68.8 Å². The summed E-state index contributed by atoms with van der Waals surface area (Å²) in [7, 11) is 0. The molecular formula is C23H29F2N9O2. The summed E-state index contributed by atoms with van der Waals surface area (Å²) >= 11 is 0. The number of rotatable bonds is 6. The molecule has 1 aromatic carbocycles. The van der Waals surface area contributed by atoms with Crippen molar-refractivity contribution in [2.24, 2.45) is 11.7 Å². The number of hydrogen-bond donors (Lipinski definition) is 1. The SMILES string of the molecule is C[C@@H](CN)C(=O)N1CCN(c2nc(N3CCOCC3)nc(-n3c(C(F)F)nc4ccccc43)n2)CC1. The van der Waals surface area contributed by atoms with Crippen LogP contribution in [0.5, 0.6) is 0 Å². The Morgan fingerprint density at radius 2 is 1.56 bits per heavy atom. The van der Waals surface area contributed by atoms with E-state index in [2.05, 4.69) is 15.0 Å². The fraction of sp³-hybridized carbons (Fsp3) is 0.522. The number of anilines is 2. The van der Waals surface area contributed by atoms with Crippen LogP contribution in [0, 0.1) is 5.92 Å². The Labute approximate surface area is 206 Å². The standard InChI is InChI=1S/C23H29F2N9O2/c1-15(14-26)20(35)31-6-8-32(9-7-31)21-28-22(33-10-12-36-13-11-33)30-23(29-21)34-17-5-3-2-4-16(17)27-19(34)18(24)25/h2-5,15,18H,6-14,26H2,1H3/t15-/m0/s1. The number of piperazine rings is 1. The van der Waals surface area contributed by atoms with Crippen molar-refractivity contribution in [1.82, 2.24) is 29.4 Å². The quantitative estimate of drug-likeness (QED) is 0.532. The first-order chi connectivity index (χ1) is 17.5. The first-order valence-electron chi connectivity index (χ1n) is 12.0. The maximum Gasteiger partial charge on any atom is 0.296 e. The van der Waals surface area contributed by atoms with Crippen LogP contribution in [0.2, 0.25) is 0 Å². The molecule has 36 heavy (non-hydrogen) atoms. The van der Waals surface area contributed by atoms with Gasteiger partial charge in [-0.05, 0) is 12.1 Å². The molecule has 0 radical (unpaired) electrons. The lowest BCUT2D eigenvalue weighted by Crippen LogP contribution is -2.51. The Kier molecular flexibility index (Phi) is 6.92. The summed E-state index contributed by atoms with van der Waals surface area (Å²) in [6, 6.07) is 6.91. The van der Waals surface area contributed by atoms with Gasteiger partial charge in [0.15, 0.2) is 5.82 Å². The summed E-state index contributed by atoms with van der Waals surface area (Å²) in [5.41, 5.74) is 6.59. The number of halogens is 2. The Morgan fingerprint density at radius 3 is 2.19 bits per heavy atom. The summed E-state index contributed by atoms with van der Waals surface area (Å²) in [6.07, 6.45) is -2.82. The first kappa shape index (κ1) is 24.3. The van der Waals surface area contributed by atoms with Gasteiger partial charge in [-0.25, -0.2) is 13.8 Å². The largest absolute Gasteiger partial charge is 0.378 e. The molecule has 2 aliphatic rings. The van der Waals surface area contributed by atoms with E-state index in [-0.39, 0.29) is 17.8 Å². The van der Waals surface area contributed by atoms with Gasteiger partial charge in [0, 0.05) is 51.7 Å². The minimum atomic E-state index is -2.82. The average Bonchev–Trinajstić information content (AvgIpc) is 3.33. The Hall–Kier alpha value is -3.45. The lowest BCUT2D eigenvalue weighted by atomic mass is 10.1. The lowest BCUT2D eigenvalue weighted by Gasteiger charge is -2.36. The molecule has 0 saturated carbocycles. The minimum Gasteiger partial charge on any atom is -0.378 e. The molecule has 13 heteroatoms. The van der Waals surface area contributed by atoms with Crippen molar-refractivity contribution >= 4 is 28.8 Å². The molecule has 1 amide bonds. The number of hydrogen-bond acceptors (Lipinski definition) is 9. The zero-order valence-electron chi connectivity index (χ0n) is 20.1.